The van der Waals surface area contributed by atoms with Crippen LogP contribution in [0.25, 0.3) is 0 Å². The van der Waals surface area contributed by atoms with E-state index in [1.165, 1.54) is 11.0 Å². The molecule has 2 aliphatic heterocycles. The van der Waals surface area contributed by atoms with Crippen molar-refractivity contribution in [3.05, 3.63) is 57.2 Å². The lowest BCUT2D eigenvalue weighted by Gasteiger charge is -2.44. The van der Waals surface area contributed by atoms with Crippen LogP contribution in [-0.4, -0.2) is 71.3 Å². The molecule has 1 aromatic carbocycles. The van der Waals surface area contributed by atoms with E-state index in [1.807, 2.05) is 17.9 Å². The molecule has 8 nitrogen and oxygen atoms in total. The van der Waals surface area contributed by atoms with Gasteiger partial charge in [-0.2, -0.15) is 0 Å². The quantitative estimate of drug-likeness (QED) is 0.463. The van der Waals surface area contributed by atoms with Gasteiger partial charge >= 0.3 is 6.09 Å². The van der Waals surface area contributed by atoms with Crippen molar-refractivity contribution < 1.29 is 19.1 Å². The number of ketones is 1. The molecule has 1 N–H and O–H groups in total. The molecule has 3 aliphatic rings. The van der Waals surface area contributed by atoms with Crippen molar-refractivity contribution in [1.82, 2.24) is 20.1 Å². The Morgan fingerprint density at radius 3 is 2.44 bits per heavy atom. The molecule has 1 saturated carbocycles. The minimum absolute atomic E-state index is 0.0411. The highest BCUT2D eigenvalue weighted by atomic mass is 35.5. The number of likely N-dealkylation sites (tertiary alicyclic amines) is 1. The fraction of sp³-hybridized carbons (Fsp3) is 0.500. The van der Waals surface area contributed by atoms with Crippen LogP contribution in [0.5, 0.6) is 5.88 Å². The Bertz CT molecular complexity index is 1300. The van der Waals surface area contributed by atoms with Gasteiger partial charge in [0.25, 0.3) is 0 Å². The number of Topliss-reactive ketones (excluding diaryl/α,β-unsaturated/α-hetero) is 1. The first-order chi connectivity index (χ1) is 18.5. The molecule has 0 bridgehead atoms. The number of amides is 2. The lowest BCUT2D eigenvalue weighted by molar-refractivity contribution is -0.142. The third-order valence-corrected chi connectivity index (χ3v) is 9.46. The van der Waals surface area contributed by atoms with Gasteiger partial charge in [0.2, 0.25) is 11.8 Å². The Labute approximate surface area is 242 Å². The predicted molar refractivity (Wildman–Crippen MR) is 149 cm³/mol. The van der Waals surface area contributed by atoms with E-state index in [9.17, 15) is 14.4 Å². The molecule has 3 heterocycles. The van der Waals surface area contributed by atoms with Crippen LogP contribution in [-0.2, 0) is 9.59 Å². The fourth-order valence-electron chi connectivity index (χ4n) is 5.85. The average Bonchev–Trinajstić information content (AvgIpc) is 3.52. The molecule has 3 fully saturated rings. The van der Waals surface area contributed by atoms with Gasteiger partial charge < -0.3 is 15.0 Å². The Morgan fingerprint density at radius 2 is 1.79 bits per heavy atom. The lowest BCUT2D eigenvalue weighted by Crippen LogP contribution is -2.62. The molecule has 5 rings (SSSR count). The van der Waals surface area contributed by atoms with Crippen molar-refractivity contribution in [2.75, 3.05) is 33.2 Å². The van der Waals surface area contributed by atoms with E-state index in [0.717, 1.165) is 18.4 Å². The van der Waals surface area contributed by atoms with E-state index in [2.05, 4.69) is 10.3 Å². The highest BCUT2D eigenvalue weighted by Crippen LogP contribution is 2.47. The van der Waals surface area contributed by atoms with E-state index in [1.54, 1.807) is 31.3 Å². The van der Waals surface area contributed by atoms with Gasteiger partial charge in [0.15, 0.2) is 5.78 Å². The normalized spacial score (nSPS) is 24.3. The maximum Gasteiger partial charge on any atom is 0.417 e. The maximum atomic E-state index is 14.5. The average molecular weight is 594 g/mol. The predicted octanol–water partition coefficient (Wildman–Crippen LogP) is 5.21. The van der Waals surface area contributed by atoms with Crippen molar-refractivity contribution >= 4 is 52.6 Å². The van der Waals surface area contributed by atoms with E-state index in [0.29, 0.717) is 42.5 Å². The number of ether oxygens (including phenoxy) is 1. The molecule has 2 amide bonds. The third-order valence-electron chi connectivity index (χ3n) is 8.52. The summed E-state index contributed by atoms with van der Waals surface area (Å²) in [6, 6.07) is 10.0. The van der Waals surface area contributed by atoms with E-state index in [4.69, 9.17) is 39.5 Å². The van der Waals surface area contributed by atoms with E-state index >= 15 is 0 Å². The Kier molecular flexibility index (Phi) is 7.85. The van der Waals surface area contributed by atoms with Gasteiger partial charge in [-0.3, -0.25) is 14.5 Å². The van der Waals surface area contributed by atoms with Gasteiger partial charge in [0.1, 0.15) is 10.7 Å². The van der Waals surface area contributed by atoms with Crippen LogP contribution < -0.4 is 10.1 Å². The number of piperidine rings is 1. The number of nitrogens with zero attached hydrogens (tertiary/aromatic N) is 3. The van der Waals surface area contributed by atoms with Gasteiger partial charge in [-0.15, -0.1) is 0 Å². The zero-order valence-electron chi connectivity index (χ0n) is 21.9. The molecular formula is C28H31Cl3N4O4. The molecule has 0 spiro atoms. The number of carbonyl (C=O) groups excluding carboxylic acids is 3. The summed E-state index contributed by atoms with van der Waals surface area (Å²) in [5.41, 5.74) is -0.714. The molecule has 1 aromatic heterocycles. The minimum Gasteiger partial charge on any atom is -0.391 e. The van der Waals surface area contributed by atoms with Crippen LogP contribution in [0.3, 0.4) is 0 Å². The zero-order valence-corrected chi connectivity index (χ0v) is 24.2. The summed E-state index contributed by atoms with van der Waals surface area (Å²) in [4.78, 5) is 48.2. The minimum atomic E-state index is -1.26. The highest BCUT2D eigenvalue weighted by molar-refractivity contribution is 6.42. The molecule has 208 valence electrons. The van der Waals surface area contributed by atoms with Crippen LogP contribution in [0.1, 0.15) is 44.1 Å². The second-order valence-electron chi connectivity index (χ2n) is 11.0. The third kappa shape index (κ3) is 5.36. The first-order valence-corrected chi connectivity index (χ1v) is 14.3. The summed E-state index contributed by atoms with van der Waals surface area (Å²) in [7, 11) is 1.58. The van der Waals surface area contributed by atoms with Crippen LogP contribution in [0.4, 0.5) is 4.79 Å². The molecule has 2 saturated heterocycles. The number of rotatable bonds is 6. The van der Waals surface area contributed by atoms with Crippen LogP contribution >= 0.6 is 34.8 Å². The largest absolute Gasteiger partial charge is 0.417 e. The molecule has 0 unspecified atom stereocenters. The van der Waals surface area contributed by atoms with Gasteiger partial charge in [-0.1, -0.05) is 53.9 Å². The SMILES string of the molecule is CN(C(=O)Oc1cccc(Cl)n1)[C@]1(C(=O)C2CCN(C(=O)C3(C)CC3)CC2)CNC[C@H]1c1ccc(Cl)c(Cl)c1. The van der Waals surface area contributed by atoms with Gasteiger partial charge in [0.05, 0.1) is 10.0 Å². The van der Waals surface area contributed by atoms with E-state index in [-0.39, 0.29) is 40.6 Å². The van der Waals surface area contributed by atoms with Crippen LogP contribution in [0.15, 0.2) is 36.4 Å². The highest BCUT2D eigenvalue weighted by Gasteiger charge is 2.57. The smallest absolute Gasteiger partial charge is 0.391 e. The van der Waals surface area contributed by atoms with E-state index < -0.39 is 17.6 Å². The number of nitrogens with one attached hydrogen (secondary N) is 1. The Balaban J connectivity index is 1.44. The first-order valence-electron chi connectivity index (χ1n) is 13.1. The van der Waals surface area contributed by atoms with Crippen molar-refractivity contribution in [2.45, 2.75) is 44.1 Å². The van der Waals surface area contributed by atoms with Crippen molar-refractivity contribution in [2.24, 2.45) is 11.3 Å². The summed E-state index contributed by atoms with van der Waals surface area (Å²) in [5, 5.41) is 4.30. The van der Waals surface area contributed by atoms with Gasteiger partial charge in [-0.05, 0) is 49.4 Å². The molecule has 39 heavy (non-hydrogen) atoms. The summed E-state index contributed by atoms with van der Waals surface area (Å²) in [5.74, 6) is -0.583. The standard InChI is InChI=1S/C28H31Cl3N4O4/c1-27(10-11-27)25(37)35-12-8-17(9-13-35)24(36)28(34(2)26(38)39-23-5-3-4-22(31)33-23)16-32-15-19(28)18-6-7-20(29)21(30)14-18/h3-7,14,17,19,32H,8-13,15-16H2,1-2H3/t19-,28+/m0/s1. The molecule has 2 aromatic rings. The zero-order chi connectivity index (χ0) is 27.9. The summed E-state index contributed by atoms with van der Waals surface area (Å²) >= 11 is 18.5. The molecule has 1 aliphatic carbocycles. The summed E-state index contributed by atoms with van der Waals surface area (Å²) in [6.45, 7) is 3.73. The van der Waals surface area contributed by atoms with Crippen LogP contribution in [0, 0.1) is 11.3 Å². The van der Waals surface area contributed by atoms with Gasteiger partial charge in [-0.25, -0.2) is 9.78 Å². The second-order valence-corrected chi connectivity index (χ2v) is 12.2. The lowest BCUT2D eigenvalue weighted by atomic mass is 9.72. The van der Waals surface area contributed by atoms with Crippen molar-refractivity contribution in [1.29, 1.82) is 0 Å². The van der Waals surface area contributed by atoms with Crippen molar-refractivity contribution in [3.63, 3.8) is 0 Å². The number of likely N-dealkylation sites (N-methyl/N-ethyl adjacent to an activating group) is 1. The topological polar surface area (TPSA) is 91.8 Å². The first kappa shape index (κ1) is 28.1. The molecule has 0 radical (unpaired) electrons. The number of hydrogen-bond acceptors (Lipinski definition) is 6. The van der Waals surface area contributed by atoms with Crippen molar-refractivity contribution in [3.8, 4) is 5.88 Å². The molecular weight excluding hydrogens is 563 g/mol. The van der Waals surface area contributed by atoms with Crippen LogP contribution in [0.2, 0.25) is 15.2 Å². The number of benzene rings is 1. The number of aromatic nitrogens is 1. The fourth-order valence-corrected chi connectivity index (χ4v) is 6.31. The Morgan fingerprint density at radius 1 is 1.08 bits per heavy atom. The monoisotopic (exact) mass is 592 g/mol. The summed E-state index contributed by atoms with van der Waals surface area (Å²) < 4.78 is 5.56. The number of hydrogen-bond donors (Lipinski definition) is 1. The van der Waals surface area contributed by atoms with Gasteiger partial charge in [0, 0.05) is 56.5 Å². The number of pyridine rings is 1. The Hall–Kier alpha value is -2.39. The second kappa shape index (κ2) is 10.9. The number of carbonyl (C=O) groups is 3. The number of halogens is 3. The molecule has 2 atom stereocenters. The molecule has 11 heteroatoms. The maximum absolute atomic E-state index is 14.5. The summed E-state index contributed by atoms with van der Waals surface area (Å²) in [6.07, 6.45) is 2.18.